The average Bonchev–Trinajstić information content (AvgIpc) is 3.16. The fraction of sp³-hybridized carbons (Fsp3) is 0.478. The van der Waals surface area contributed by atoms with Gasteiger partial charge < -0.3 is 20.6 Å². The molecule has 0 aliphatic heterocycles. The van der Waals surface area contributed by atoms with E-state index in [0.717, 1.165) is 77.0 Å². The summed E-state index contributed by atoms with van der Waals surface area (Å²) in [4.78, 5) is 22.6. The maximum Gasteiger partial charge on any atom is 0.165 e. The first-order chi connectivity index (χ1) is 15.4. The average molecular weight is 434 g/mol. The van der Waals surface area contributed by atoms with Gasteiger partial charge in [0, 0.05) is 43.4 Å². The number of rotatable bonds is 6. The zero-order valence-corrected chi connectivity index (χ0v) is 19.4. The highest BCUT2D eigenvalue weighted by atomic mass is 15.2. The summed E-state index contributed by atoms with van der Waals surface area (Å²) in [7, 11) is 1.94. The Morgan fingerprint density at radius 3 is 2.62 bits per heavy atom. The maximum absolute atomic E-state index is 8.46. The van der Waals surface area contributed by atoms with Gasteiger partial charge in [-0.05, 0) is 44.6 Å². The molecule has 0 bridgehead atoms. The van der Waals surface area contributed by atoms with Gasteiger partial charge in [-0.15, -0.1) is 0 Å². The van der Waals surface area contributed by atoms with Crippen LogP contribution < -0.4 is 10.6 Å². The second-order valence-corrected chi connectivity index (χ2v) is 8.45. The summed E-state index contributed by atoms with van der Waals surface area (Å²) < 4.78 is 2.07. The molecule has 0 aromatic carbocycles. The number of nitrogens with one attached hydrogen (secondary N) is 3. The van der Waals surface area contributed by atoms with Crippen molar-refractivity contribution in [3.8, 4) is 11.4 Å². The number of anilines is 1. The van der Waals surface area contributed by atoms with E-state index < -0.39 is 0 Å². The van der Waals surface area contributed by atoms with Gasteiger partial charge in [0.15, 0.2) is 17.0 Å². The Hall–Kier alpha value is -3.36. The molecule has 0 spiro atoms. The number of fused-ring (bicyclic) bond motifs is 1. The summed E-state index contributed by atoms with van der Waals surface area (Å²) in [5.74, 6) is 2.59. The third kappa shape index (κ3) is 4.06. The molecule has 1 fully saturated rings. The maximum atomic E-state index is 8.46. The normalized spacial score (nSPS) is 18.3. The zero-order valence-electron chi connectivity index (χ0n) is 19.4. The Bertz CT molecular complexity index is 1160. The van der Waals surface area contributed by atoms with Crippen LogP contribution in [0.1, 0.15) is 45.9 Å². The van der Waals surface area contributed by atoms with Crippen molar-refractivity contribution in [2.75, 3.05) is 12.4 Å². The highest BCUT2D eigenvalue weighted by molar-refractivity contribution is 5.99. The number of nitrogens with zero attached hydrogens (tertiary/aromatic N) is 6. The molecular weight excluding hydrogens is 402 g/mol. The quantitative estimate of drug-likeness (QED) is 0.542. The Labute approximate surface area is 188 Å². The number of hydrogen-bond acceptors (Lipinski definition) is 8. The molecular formula is C23H31N9. The lowest BCUT2D eigenvalue weighted by Crippen LogP contribution is -2.31. The molecule has 168 valence electrons. The lowest BCUT2D eigenvalue weighted by molar-refractivity contribution is 0.612. The van der Waals surface area contributed by atoms with E-state index in [9.17, 15) is 0 Å². The molecule has 32 heavy (non-hydrogen) atoms. The van der Waals surface area contributed by atoms with Gasteiger partial charge in [0.05, 0.1) is 5.56 Å². The van der Waals surface area contributed by atoms with Crippen LogP contribution >= 0.6 is 0 Å². The number of allylic oxidation sites excluding steroid dienone is 1. The molecule has 1 unspecified atom stereocenters. The lowest BCUT2D eigenvalue weighted by atomic mass is 9.85. The predicted octanol–water partition coefficient (Wildman–Crippen LogP) is 3.73. The lowest BCUT2D eigenvalue weighted by Gasteiger charge is -2.29. The van der Waals surface area contributed by atoms with Gasteiger partial charge in [0.1, 0.15) is 18.0 Å². The van der Waals surface area contributed by atoms with Crippen molar-refractivity contribution < 1.29 is 0 Å². The van der Waals surface area contributed by atoms with Crippen molar-refractivity contribution in [1.82, 2.24) is 34.8 Å². The van der Waals surface area contributed by atoms with Crippen molar-refractivity contribution in [1.29, 1.82) is 5.41 Å². The standard InChI is InChI=1S/C23H31N9/c1-6-32-22(15-10-26-14(4)27-11-15)31-20-21(28-12-29-23(20)32)30-16-7-8-18(24)17(9-16)19(25-5)13(2)3/h10-13,16,24-25H,6-9H2,1-5H3,(H,28,29,30)/b19-17-,24-18?. The first kappa shape index (κ1) is 21.9. The van der Waals surface area contributed by atoms with Crippen LogP contribution in [0.4, 0.5) is 5.82 Å². The van der Waals surface area contributed by atoms with Gasteiger partial charge in [-0.1, -0.05) is 13.8 Å². The van der Waals surface area contributed by atoms with Crippen molar-refractivity contribution in [2.24, 2.45) is 5.92 Å². The molecule has 3 heterocycles. The van der Waals surface area contributed by atoms with Crippen LogP contribution in [-0.2, 0) is 6.54 Å². The Kier molecular flexibility index (Phi) is 6.16. The third-order valence-corrected chi connectivity index (χ3v) is 5.96. The Balaban J connectivity index is 1.70. The summed E-state index contributed by atoms with van der Waals surface area (Å²) >= 11 is 0. The van der Waals surface area contributed by atoms with Crippen molar-refractivity contribution in [3.63, 3.8) is 0 Å². The van der Waals surface area contributed by atoms with Crippen LogP contribution in [0.25, 0.3) is 22.6 Å². The predicted molar refractivity (Wildman–Crippen MR) is 127 cm³/mol. The molecule has 3 aromatic rings. The third-order valence-electron chi connectivity index (χ3n) is 5.96. The summed E-state index contributed by atoms with van der Waals surface area (Å²) in [6.45, 7) is 8.98. The van der Waals surface area contributed by atoms with Crippen LogP contribution in [0.3, 0.4) is 0 Å². The van der Waals surface area contributed by atoms with Gasteiger partial charge >= 0.3 is 0 Å². The van der Waals surface area contributed by atoms with E-state index >= 15 is 0 Å². The first-order valence-electron chi connectivity index (χ1n) is 11.2. The van der Waals surface area contributed by atoms with E-state index in [-0.39, 0.29) is 6.04 Å². The van der Waals surface area contributed by atoms with Crippen LogP contribution in [0.15, 0.2) is 30.0 Å². The van der Waals surface area contributed by atoms with E-state index in [0.29, 0.717) is 5.92 Å². The number of aromatic nitrogens is 6. The minimum Gasteiger partial charge on any atom is -0.391 e. The molecule has 3 N–H and O–H groups in total. The fourth-order valence-corrected chi connectivity index (χ4v) is 4.39. The van der Waals surface area contributed by atoms with Crippen molar-refractivity contribution in [2.45, 2.75) is 59.5 Å². The van der Waals surface area contributed by atoms with E-state index in [1.54, 1.807) is 18.7 Å². The zero-order chi connectivity index (χ0) is 22.8. The smallest absolute Gasteiger partial charge is 0.165 e. The Morgan fingerprint density at radius 1 is 1.22 bits per heavy atom. The molecule has 1 atom stereocenters. The number of aryl methyl sites for hydroxylation is 2. The SMILES string of the molecule is CCn1c(-c2cnc(C)nc2)nc2c(NC3CCC(=N)/C(=C(\NC)C(C)C)C3)ncnc21. The summed E-state index contributed by atoms with van der Waals surface area (Å²) in [6.07, 6.45) is 7.59. The first-order valence-corrected chi connectivity index (χ1v) is 11.2. The van der Waals surface area contributed by atoms with Crippen LogP contribution in [0, 0.1) is 18.3 Å². The molecule has 1 aliphatic rings. The van der Waals surface area contributed by atoms with Gasteiger partial charge in [0.2, 0.25) is 0 Å². The topological polar surface area (TPSA) is 117 Å². The molecule has 0 saturated heterocycles. The fourth-order valence-electron chi connectivity index (χ4n) is 4.39. The second kappa shape index (κ2) is 9.02. The monoisotopic (exact) mass is 433 g/mol. The van der Waals surface area contributed by atoms with E-state index in [1.165, 1.54) is 0 Å². The molecule has 0 amide bonds. The van der Waals surface area contributed by atoms with Crippen molar-refractivity contribution >= 4 is 22.7 Å². The van der Waals surface area contributed by atoms with Crippen LogP contribution in [0.2, 0.25) is 0 Å². The van der Waals surface area contributed by atoms with Gasteiger partial charge in [-0.3, -0.25) is 0 Å². The minimum absolute atomic E-state index is 0.178. The van der Waals surface area contributed by atoms with E-state index in [4.69, 9.17) is 10.4 Å². The van der Waals surface area contributed by atoms with Gasteiger partial charge in [-0.2, -0.15) is 0 Å². The van der Waals surface area contributed by atoms with Crippen LogP contribution in [-0.4, -0.2) is 48.3 Å². The Morgan fingerprint density at radius 2 is 1.97 bits per heavy atom. The van der Waals surface area contributed by atoms with E-state index in [2.05, 4.69) is 55.9 Å². The largest absolute Gasteiger partial charge is 0.391 e. The number of imidazole rings is 1. The molecule has 0 radical (unpaired) electrons. The molecule has 1 aliphatic carbocycles. The number of hydrogen-bond donors (Lipinski definition) is 3. The second-order valence-electron chi connectivity index (χ2n) is 8.45. The highest BCUT2D eigenvalue weighted by Gasteiger charge is 2.26. The van der Waals surface area contributed by atoms with Gasteiger partial charge in [0.25, 0.3) is 0 Å². The van der Waals surface area contributed by atoms with Crippen LogP contribution in [0.5, 0.6) is 0 Å². The van der Waals surface area contributed by atoms with E-state index in [1.807, 2.05) is 14.0 Å². The molecule has 1 saturated carbocycles. The summed E-state index contributed by atoms with van der Waals surface area (Å²) in [6, 6.07) is 0.178. The van der Waals surface area contributed by atoms with Crippen molar-refractivity contribution in [3.05, 3.63) is 35.8 Å². The highest BCUT2D eigenvalue weighted by Crippen LogP contribution is 2.30. The molecule has 4 rings (SSSR count). The molecule has 3 aromatic heterocycles. The molecule has 9 heteroatoms. The summed E-state index contributed by atoms with van der Waals surface area (Å²) in [5, 5.41) is 15.4. The minimum atomic E-state index is 0.178. The van der Waals surface area contributed by atoms with Gasteiger partial charge in [-0.25, -0.2) is 24.9 Å². The summed E-state index contributed by atoms with van der Waals surface area (Å²) in [5.41, 5.74) is 5.37. The molecule has 9 nitrogen and oxygen atoms in total.